The number of hydrogen-bond acceptors (Lipinski definition) is 2. The molecule has 2 nitrogen and oxygen atoms in total. The molecule has 2 rings (SSSR count). The van der Waals surface area contributed by atoms with Crippen LogP contribution in [0.3, 0.4) is 0 Å². The van der Waals surface area contributed by atoms with Gasteiger partial charge in [0.2, 0.25) is 0 Å². The zero-order valence-electron chi connectivity index (χ0n) is 10.5. The summed E-state index contributed by atoms with van der Waals surface area (Å²) >= 11 is 0. The molecule has 0 saturated heterocycles. The Kier molecular flexibility index (Phi) is 4.29. The molecule has 94 valence electrons. The van der Waals surface area contributed by atoms with E-state index in [-0.39, 0.29) is 5.78 Å². The first-order chi connectivity index (χ1) is 9.27. The summed E-state index contributed by atoms with van der Waals surface area (Å²) in [6, 6.07) is 19.1. The third-order valence-corrected chi connectivity index (χ3v) is 2.68. The monoisotopic (exact) mass is 249 g/mol. The second-order valence-corrected chi connectivity index (χ2v) is 4.05. The van der Waals surface area contributed by atoms with Crippen LogP contribution in [0.2, 0.25) is 0 Å². The summed E-state index contributed by atoms with van der Waals surface area (Å²) in [5, 5.41) is 3.04. The minimum atomic E-state index is -0.102. The van der Waals surface area contributed by atoms with Crippen molar-refractivity contribution in [2.45, 2.75) is 0 Å². The van der Waals surface area contributed by atoms with E-state index in [9.17, 15) is 4.79 Å². The lowest BCUT2D eigenvalue weighted by Crippen LogP contribution is -1.97. The molecule has 0 saturated carbocycles. The van der Waals surface area contributed by atoms with Crippen molar-refractivity contribution in [3.05, 3.63) is 85.1 Å². The van der Waals surface area contributed by atoms with Crippen LogP contribution >= 0.6 is 0 Å². The molecule has 0 unspecified atom stereocenters. The molecular weight excluding hydrogens is 234 g/mol. The normalized spacial score (nSPS) is 10.3. The molecule has 19 heavy (non-hydrogen) atoms. The van der Waals surface area contributed by atoms with E-state index in [1.165, 1.54) is 6.08 Å². The van der Waals surface area contributed by atoms with E-state index >= 15 is 0 Å². The average Bonchev–Trinajstić information content (AvgIpc) is 2.48. The van der Waals surface area contributed by atoms with Crippen molar-refractivity contribution in [1.29, 1.82) is 0 Å². The fourth-order valence-electron chi connectivity index (χ4n) is 1.63. The molecule has 0 amide bonds. The molecule has 0 spiro atoms. The number of anilines is 1. The van der Waals surface area contributed by atoms with Gasteiger partial charge in [0.1, 0.15) is 0 Å². The van der Waals surface area contributed by atoms with Crippen LogP contribution in [-0.4, -0.2) is 5.78 Å². The summed E-state index contributed by atoms with van der Waals surface area (Å²) in [5.74, 6) is -0.102. The van der Waals surface area contributed by atoms with E-state index in [0.29, 0.717) is 5.57 Å². The summed E-state index contributed by atoms with van der Waals surface area (Å²) in [4.78, 5) is 11.9. The molecule has 0 aliphatic carbocycles. The van der Waals surface area contributed by atoms with Gasteiger partial charge in [-0.25, -0.2) is 0 Å². The predicted molar refractivity (Wildman–Crippen MR) is 79.7 cm³/mol. The third kappa shape index (κ3) is 3.68. The highest BCUT2D eigenvalue weighted by Gasteiger charge is 2.04. The van der Waals surface area contributed by atoms with Gasteiger partial charge in [-0.3, -0.25) is 4.79 Å². The average molecular weight is 249 g/mol. The number of ketones is 1. The van der Waals surface area contributed by atoms with E-state index in [4.69, 9.17) is 0 Å². The molecule has 0 aliphatic rings. The Balaban J connectivity index is 1.96. The smallest absolute Gasteiger partial charge is 0.187 e. The van der Waals surface area contributed by atoms with Crippen molar-refractivity contribution in [1.82, 2.24) is 0 Å². The van der Waals surface area contributed by atoms with Gasteiger partial charge in [0, 0.05) is 23.5 Å². The molecule has 1 N–H and O–H groups in total. The van der Waals surface area contributed by atoms with Gasteiger partial charge in [-0.2, -0.15) is 0 Å². The van der Waals surface area contributed by atoms with Gasteiger partial charge in [-0.05, 0) is 17.7 Å². The molecule has 2 aromatic carbocycles. The predicted octanol–water partition coefficient (Wildman–Crippen LogP) is 3.89. The number of carbonyl (C=O) groups is 1. The minimum Gasteiger partial charge on any atom is -0.362 e. The Morgan fingerprint density at radius 3 is 2.16 bits per heavy atom. The number of benzene rings is 2. The highest BCUT2D eigenvalue weighted by molar-refractivity contribution is 6.25. The number of rotatable bonds is 5. The van der Waals surface area contributed by atoms with E-state index in [0.717, 1.165) is 11.3 Å². The lowest BCUT2D eigenvalue weighted by Gasteiger charge is -2.02. The van der Waals surface area contributed by atoms with E-state index in [1.54, 1.807) is 6.20 Å². The summed E-state index contributed by atoms with van der Waals surface area (Å²) in [6.07, 6.45) is 3.12. The number of para-hydroxylation sites is 1. The van der Waals surface area contributed by atoms with Crippen molar-refractivity contribution in [3.63, 3.8) is 0 Å². The Labute approximate surface area is 113 Å². The topological polar surface area (TPSA) is 29.1 Å². The van der Waals surface area contributed by atoms with Gasteiger partial charge >= 0.3 is 0 Å². The summed E-state index contributed by atoms with van der Waals surface area (Å²) in [6.45, 7) is 3.82. The van der Waals surface area contributed by atoms with Gasteiger partial charge in [-0.15, -0.1) is 0 Å². The zero-order chi connectivity index (χ0) is 13.5. The quantitative estimate of drug-likeness (QED) is 0.814. The molecule has 2 heteroatoms. The maximum absolute atomic E-state index is 11.9. The van der Waals surface area contributed by atoms with E-state index in [2.05, 4.69) is 11.9 Å². The lowest BCUT2D eigenvalue weighted by atomic mass is 10.0. The fourth-order valence-corrected chi connectivity index (χ4v) is 1.63. The van der Waals surface area contributed by atoms with Crippen LogP contribution in [0.4, 0.5) is 5.69 Å². The van der Waals surface area contributed by atoms with Crippen molar-refractivity contribution in [2.24, 2.45) is 0 Å². The van der Waals surface area contributed by atoms with Crippen molar-refractivity contribution in [3.8, 4) is 0 Å². The maximum atomic E-state index is 11.9. The molecule has 0 bridgehead atoms. The lowest BCUT2D eigenvalue weighted by molar-refractivity contribution is -0.109. The molecule has 0 aliphatic heterocycles. The van der Waals surface area contributed by atoms with Crippen LogP contribution in [0.5, 0.6) is 0 Å². The number of carbonyl (C=O) groups excluding carboxylic acids is 1. The van der Waals surface area contributed by atoms with Gasteiger partial charge in [0.05, 0.1) is 0 Å². The van der Waals surface area contributed by atoms with Crippen LogP contribution in [0.1, 0.15) is 5.56 Å². The van der Waals surface area contributed by atoms with Gasteiger partial charge < -0.3 is 5.32 Å². The Morgan fingerprint density at radius 2 is 1.53 bits per heavy atom. The Hall–Kier alpha value is -2.61. The maximum Gasteiger partial charge on any atom is 0.187 e. The van der Waals surface area contributed by atoms with E-state index in [1.807, 2.05) is 60.7 Å². The standard InChI is InChI=1S/C17H15NO/c1-14(15-8-4-2-5-9-15)17(19)12-13-18-16-10-6-3-7-11-16/h2-13,18H,1H2. The van der Waals surface area contributed by atoms with Crippen LogP contribution in [0, 0.1) is 0 Å². The number of hydrogen-bond donors (Lipinski definition) is 1. The molecular formula is C17H15NO. The van der Waals surface area contributed by atoms with Crippen molar-refractivity contribution in [2.75, 3.05) is 5.32 Å². The molecule has 0 aromatic heterocycles. The highest BCUT2D eigenvalue weighted by Crippen LogP contribution is 2.13. The molecule has 0 atom stereocenters. The molecule has 0 heterocycles. The third-order valence-electron chi connectivity index (χ3n) is 2.68. The first kappa shape index (κ1) is 12.8. The largest absolute Gasteiger partial charge is 0.362 e. The first-order valence-corrected chi connectivity index (χ1v) is 6.04. The van der Waals surface area contributed by atoms with Gasteiger partial charge in [-0.1, -0.05) is 55.1 Å². The van der Waals surface area contributed by atoms with Crippen molar-refractivity contribution >= 4 is 17.0 Å². The first-order valence-electron chi connectivity index (χ1n) is 6.04. The molecule has 0 radical (unpaired) electrons. The van der Waals surface area contributed by atoms with Crippen LogP contribution in [0.25, 0.3) is 5.57 Å². The Bertz CT molecular complexity index is 585. The minimum absolute atomic E-state index is 0.102. The van der Waals surface area contributed by atoms with Crippen LogP contribution < -0.4 is 5.32 Å². The molecule has 2 aromatic rings. The number of allylic oxidation sites excluding steroid dienone is 2. The second kappa shape index (κ2) is 6.36. The van der Waals surface area contributed by atoms with Gasteiger partial charge in [0.25, 0.3) is 0 Å². The Morgan fingerprint density at radius 1 is 0.947 bits per heavy atom. The zero-order valence-corrected chi connectivity index (χ0v) is 10.5. The van der Waals surface area contributed by atoms with E-state index < -0.39 is 0 Å². The SMILES string of the molecule is C=C(C(=O)C=CNc1ccccc1)c1ccccc1. The highest BCUT2D eigenvalue weighted by atomic mass is 16.1. The summed E-state index contributed by atoms with van der Waals surface area (Å²) in [7, 11) is 0. The second-order valence-electron chi connectivity index (χ2n) is 4.05. The fraction of sp³-hybridized carbons (Fsp3) is 0. The summed E-state index contributed by atoms with van der Waals surface area (Å²) < 4.78 is 0. The number of nitrogens with one attached hydrogen (secondary N) is 1. The van der Waals surface area contributed by atoms with Crippen LogP contribution in [-0.2, 0) is 4.79 Å². The van der Waals surface area contributed by atoms with Crippen molar-refractivity contribution < 1.29 is 4.79 Å². The van der Waals surface area contributed by atoms with Crippen LogP contribution in [0.15, 0.2) is 79.5 Å². The molecule has 0 fully saturated rings. The van der Waals surface area contributed by atoms with Gasteiger partial charge in [0.15, 0.2) is 5.78 Å². The summed E-state index contributed by atoms with van der Waals surface area (Å²) in [5.41, 5.74) is 2.28.